The Morgan fingerprint density at radius 3 is 1.70 bits per heavy atom. The number of hydrogen-bond donors (Lipinski definition) is 0. The van der Waals surface area contributed by atoms with E-state index in [0.29, 0.717) is 0 Å². The number of allylic oxidation sites excluding steroid dienone is 2. The molecule has 0 fully saturated rings. The van der Waals surface area contributed by atoms with E-state index in [1.165, 1.54) is 138 Å². The van der Waals surface area contributed by atoms with Gasteiger partial charge in [0.1, 0.15) is 0 Å². The van der Waals surface area contributed by atoms with Crippen LogP contribution < -0.4 is 20.1 Å². The largest absolute Gasteiger partial charge is 0.380 e. The molecule has 3 nitrogen and oxygen atoms in total. The van der Waals surface area contributed by atoms with E-state index in [1.807, 2.05) is 0 Å². The number of fused-ring (bicyclic) bond motifs is 7. The van der Waals surface area contributed by atoms with E-state index in [9.17, 15) is 0 Å². The molecule has 400 valence electrons. The maximum absolute atomic E-state index is 2.83. The lowest BCUT2D eigenvalue weighted by atomic mass is 9.36. The second-order valence-corrected chi connectivity index (χ2v) is 25.1. The fourth-order valence-corrected chi connectivity index (χ4v) is 15.2. The van der Waals surface area contributed by atoms with Crippen LogP contribution in [0.2, 0.25) is 5.82 Å². The lowest BCUT2D eigenvalue weighted by molar-refractivity contribution is 0.332. The predicted molar refractivity (Wildman–Crippen MR) is 345 cm³/mol. The molecule has 0 saturated heterocycles. The van der Waals surface area contributed by atoms with Gasteiger partial charge < -0.3 is 14.6 Å². The molecule has 0 radical (unpaired) electrons. The molecule has 0 saturated carbocycles. The van der Waals surface area contributed by atoms with E-state index in [2.05, 4.69) is 287 Å². The van der Waals surface area contributed by atoms with Crippen LogP contribution >= 0.6 is 0 Å². The molecular weight excluding hydrogens is 978 g/mol. The maximum atomic E-state index is 2.83. The fourth-order valence-electron chi connectivity index (χ4n) is 15.2. The van der Waals surface area contributed by atoms with E-state index in [4.69, 9.17) is 0 Å². The minimum absolute atomic E-state index is 0.0143. The smallest absolute Gasteiger partial charge is 0.306 e. The first-order valence-electron chi connectivity index (χ1n) is 30.3. The van der Waals surface area contributed by atoms with Crippen molar-refractivity contribution in [2.75, 3.05) is 14.6 Å². The lowest BCUT2D eigenvalue weighted by Gasteiger charge is -2.59. The third-order valence-corrected chi connectivity index (χ3v) is 19.4. The molecule has 9 aromatic rings. The topological polar surface area (TPSA) is 9.72 Å². The summed E-state index contributed by atoms with van der Waals surface area (Å²) in [5.74, 6) is 0.0405. The number of nitrogens with zero attached hydrogens (tertiary/aromatic N) is 3. The van der Waals surface area contributed by atoms with Gasteiger partial charge in [-0.25, -0.2) is 0 Å². The Balaban J connectivity index is 1.07. The van der Waals surface area contributed by atoms with Crippen molar-refractivity contribution in [3.63, 3.8) is 0 Å². The molecule has 0 aromatic heterocycles. The summed E-state index contributed by atoms with van der Waals surface area (Å²) in [6.45, 7) is 14.4. The summed E-state index contributed by atoms with van der Waals surface area (Å²) in [6.07, 6.45) is 16.8. The van der Waals surface area contributed by atoms with E-state index in [-0.39, 0.29) is 29.5 Å². The van der Waals surface area contributed by atoms with E-state index in [1.54, 1.807) is 0 Å². The van der Waals surface area contributed by atoms with Gasteiger partial charge in [-0.05, 0) is 183 Å². The fraction of sp³-hybridized carbons (Fsp3) is 0.247. The Morgan fingerprint density at radius 1 is 0.494 bits per heavy atom. The van der Waals surface area contributed by atoms with Crippen LogP contribution in [0.15, 0.2) is 236 Å². The molecule has 3 aliphatic heterocycles. The van der Waals surface area contributed by atoms with Gasteiger partial charge >= 0.3 is 6.85 Å². The van der Waals surface area contributed by atoms with Crippen LogP contribution in [0.1, 0.15) is 119 Å². The maximum Gasteiger partial charge on any atom is 0.306 e. The number of unbranched alkanes of at least 4 members (excludes halogenated alkanes) is 2. The summed E-state index contributed by atoms with van der Waals surface area (Å²) in [6, 6.07) is 82.3. The molecule has 2 atom stereocenters. The predicted octanol–water partition coefficient (Wildman–Crippen LogP) is 19.6. The lowest BCUT2D eigenvalue weighted by Crippen LogP contribution is -2.65. The highest BCUT2D eigenvalue weighted by atomic mass is 15.2. The van der Waals surface area contributed by atoms with Crippen molar-refractivity contribution in [2.24, 2.45) is 0 Å². The van der Waals surface area contributed by atoms with Gasteiger partial charge in [0.2, 0.25) is 0 Å². The highest BCUT2D eigenvalue weighted by Crippen LogP contribution is 2.63. The van der Waals surface area contributed by atoms with E-state index >= 15 is 0 Å². The van der Waals surface area contributed by atoms with Crippen molar-refractivity contribution in [2.45, 2.75) is 121 Å². The molecule has 2 aliphatic carbocycles. The van der Waals surface area contributed by atoms with Crippen LogP contribution in [-0.4, -0.2) is 12.9 Å². The first-order valence-corrected chi connectivity index (χ1v) is 30.3. The zero-order valence-electron chi connectivity index (χ0n) is 48.2. The van der Waals surface area contributed by atoms with Crippen LogP contribution in [0.5, 0.6) is 0 Å². The SMILES string of the molecule is CCCCc1ccc(N(c2ccc(CCCC)cc2)c2ccc3c(c2)N(c2ccc4c(c2)C(C)(C)CCC4(C)C)B2c4c-3cc(-c3ccccc3)cc4N3c4ccccc4C(c4ccccc4)(c4ccccc4)C4=CC=CC2C43)cc1. The third-order valence-electron chi connectivity index (χ3n) is 19.4. The number of rotatable bonds is 13. The standard InChI is InChI=1S/C77H74BN3/c1-7-9-23-53-35-39-59(40-36-53)79(60-41-37-54(38-42-60)24-10-8-2)61-43-45-63-64-49-56(55-25-14-11-15-26-55)50-72-73(64)78(81(71(63)52-61)62-44-46-65-68(51-62)76(5,6)48-47-75(65,3)4)69-33-22-32-67-74(69)80(72)70-34-21-20-31-66(70)77(67,57-27-16-12-17-28-57)58-29-18-13-19-30-58/h11-22,25-46,49-52,69,74H,7-10,23-24,47-48H2,1-6H3. The Bertz CT molecular complexity index is 3780. The molecule has 0 spiro atoms. The zero-order valence-corrected chi connectivity index (χ0v) is 48.2. The molecule has 0 amide bonds. The Kier molecular flexibility index (Phi) is 12.7. The average Bonchev–Trinajstić information content (AvgIpc) is 1.73. The summed E-state index contributed by atoms with van der Waals surface area (Å²) in [4.78, 5) is 8.13. The molecular formula is C77H74BN3. The molecule has 2 unspecified atom stereocenters. The van der Waals surface area contributed by atoms with Gasteiger partial charge in [0.15, 0.2) is 0 Å². The zero-order chi connectivity index (χ0) is 55.0. The summed E-state index contributed by atoms with van der Waals surface area (Å²) in [5, 5.41) is 0. The Hall–Kier alpha value is -8.08. The van der Waals surface area contributed by atoms with Crippen molar-refractivity contribution in [3.05, 3.63) is 275 Å². The van der Waals surface area contributed by atoms with Gasteiger partial charge in [0.05, 0.1) is 11.5 Å². The second-order valence-electron chi connectivity index (χ2n) is 25.1. The van der Waals surface area contributed by atoms with Crippen molar-refractivity contribution in [1.82, 2.24) is 0 Å². The quantitative estimate of drug-likeness (QED) is 0.107. The molecule has 81 heavy (non-hydrogen) atoms. The van der Waals surface area contributed by atoms with Crippen molar-refractivity contribution in [3.8, 4) is 22.3 Å². The van der Waals surface area contributed by atoms with Crippen molar-refractivity contribution < 1.29 is 0 Å². The van der Waals surface area contributed by atoms with Crippen LogP contribution in [0.4, 0.5) is 39.8 Å². The van der Waals surface area contributed by atoms with Crippen molar-refractivity contribution >= 4 is 52.1 Å². The number of benzene rings is 9. The van der Waals surface area contributed by atoms with Crippen LogP contribution in [0, 0.1) is 0 Å². The van der Waals surface area contributed by atoms with Gasteiger partial charge in [-0.15, -0.1) is 0 Å². The number of para-hydroxylation sites is 1. The van der Waals surface area contributed by atoms with Crippen LogP contribution in [-0.2, 0) is 29.1 Å². The summed E-state index contributed by atoms with van der Waals surface area (Å²) < 4.78 is 0. The Labute approximate surface area is 482 Å². The minimum Gasteiger partial charge on any atom is -0.380 e. The van der Waals surface area contributed by atoms with Gasteiger partial charge in [-0.2, -0.15) is 0 Å². The van der Waals surface area contributed by atoms with Gasteiger partial charge in [0.25, 0.3) is 0 Å². The van der Waals surface area contributed by atoms with Gasteiger partial charge in [0, 0.05) is 51.2 Å². The van der Waals surface area contributed by atoms with E-state index in [0.717, 1.165) is 24.9 Å². The van der Waals surface area contributed by atoms with Gasteiger partial charge in [-0.3, -0.25) is 0 Å². The second kappa shape index (κ2) is 20.2. The summed E-state index contributed by atoms with van der Waals surface area (Å²) in [5.41, 5.74) is 25.5. The molecule has 5 aliphatic rings. The number of aryl methyl sites for hydroxylation is 2. The van der Waals surface area contributed by atoms with Crippen molar-refractivity contribution in [1.29, 1.82) is 0 Å². The normalized spacial score (nSPS) is 18.2. The number of hydrogen-bond acceptors (Lipinski definition) is 3. The third kappa shape index (κ3) is 8.29. The van der Waals surface area contributed by atoms with E-state index < -0.39 is 5.41 Å². The summed E-state index contributed by atoms with van der Waals surface area (Å²) >= 11 is 0. The molecule has 3 heterocycles. The Morgan fingerprint density at radius 2 is 1.07 bits per heavy atom. The highest BCUT2D eigenvalue weighted by Gasteiger charge is 2.59. The highest BCUT2D eigenvalue weighted by molar-refractivity contribution is 6.84. The summed E-state index contributed by atoms with van der Waals surface area (Å²) in [7, 11) is 0. The van der Waals surface area contributed by atoms with Crippen LogP contribution in [0.3, 0.4) is 0 Å². The molecule has 14 rings (SSSR count). The number of anilines is 7. The molecule has 0 bridgehead atoms. The van der Waals surface area contributed by atoms with Crippen LogP contribution in [0.25, 0.3) is 22.3 Å². The molecule has 0 N–H and O–H groups in total. The molecule has 9 aromatic carbocycles. The monoisotopic (exact) mass is 1050 g/mol. The first-order chi connectivity index (χ1) is 39.6. The first kappa shape index (κ1) is 51.1. The molecule has 4 heteroatoms. The average molecular weight is 1050 g/mol. The minimum atomic E-state index is -0.564. The van der Waals surface area contributed by atoms with Gasteiger partial charge in [-0.1, -0.05) is 218 Å².